The number of carbonyl (C=O) groups excluding carboxylic acids is 1. The molecule has 0 aromatic rings. The van der Waals surface area contributed by atoms with Gasteiger partial charge in [0, 0.05) is 0 Å². The molecule has 0 atom stereocenters. The molecule has 0 aliphatic heterocycles. The first-order valence-corrected chi connectivity index (χ1v) is 5.73. The predicted octanol–water partition coefficient (Wildman–Crippen LogP) is 3.10. The van der Waals surface area contributed by atoms with Crippen LogP contribution in [0.4, 0.5) is 0 Å². The minimum absolute atomic E-state index is 0.286. The summed E-state index contributed by atoms with van der Waals surface area (Å²) in [5, 5.41) is 3.07. The molecule has 0 amide bonds. The minimum atomic E-state index is 0.286. The van der Waals surface area contributed by atoms with Crippen molar-refractivity contribution >= 4 is 6.47 Å². The number of carbonyl (C=O) groups is 1. The van der Waals surface area contributed by atoms with Crippen LogP contribution in [0.1, 0.15) is 26.7 Å². The lowest BCUT2D eigenvalue weighted by Gasteiger charge is -1.94. The molecule has 17 heavy (non-hydrogen) atoms. The highest BCUT2D eigenvalue weighted by atomic mass is 16.5. The molecule has 3 heteroatoms. The van der Waals surface area contributed by atoms with Gasteiger partial charge in [0.15, 0.2) is 0 Å². The number of allylic oxidation sites excluding steroid dienone is 1. The Bertz CT molecular complexity index is 185. The minimum Gasteiger partial charge on any atom is -0.463 e. The van der Waals surface area contributed by atoms with Crippen LogP contribution in [0.3, 0.4) is 0 Å². The summed E-state index contributed by atoms with van der Waals surface area (Å²) in [6.07, 6.45) is 6.23. The van der Waals surface area contributed by atoms with Gasteiger partial charge >= 0.3 is 0 Å². The highest BCUT2D eigenvalue weighted by Gasteiger charge is 1.84. The zero-order valence-corrected chi connectivity index (χ0v) is 11.5. The van der Waals surface area contributed by atoms with Crippen LogP contribution >= 0.6 is 0 Å². The Labute approximate surface area is 106 Å². The first-order chi connectivity index (χ1) is 8.22. The van der Waals surface area contributed by atoms with Crippen LogP contribution in [0.5, 0.6) is 0 Å². The van der Waals surface area contributed by atoms with Crippen LogP contribution in [0, 0.1) is 0 Å². The van der Waals surface area contributed by atoms with Crippen molar-refractivity contribution in [1.29, 1.82) is 0 Å². The third-order valence-electron chi connectivity index (χ3n) is 1.52. The first kappa shape index (κ1) is 21.0. The maximum Gasteiger partial charge on any atom is 0.293 e. The smallest absolute Gasteiger partial charge is 0.293 e. The van der Waals surface area contributed by atoms with E-state index in [1.54, 1.807) is 6.08 Å². The maximum atomic E-state index is 9.63. The molecule has 1 N–H and O–H groups in total. The molecule has 3 nitrogen and oxygen atoms in total. The summed E-state index contributed by atoms with van der Waals surface area (Å²) in [6.45, 7) is 15.5. The molecule has 0 aromatic carbocycles. The third kappa shape index (κ3) is 31.3. The van der Waals surface area contributed by atoms with E-state index in [9.17, 15) is 4.79 Å². The van der Waals surface area contributed by atoms with Gasteiger partial charge in [-0.1, -0.05) is 32.1 Å². The van der Waals surface area contributed by atoms with Crippen molar-refractivity contribution < 1.29 is 9.53 Å². The maximum absolute atomic E-state index is 9.63. The van der Waals surface area contributed by atoms with Crippen molar-refractivity contribution in [2.45, 2.75) is 26.7 Å². The van der Waals surface area contributed by atoms with Gasteiger partial charge in [-0.15, -0.1) is 13.2 Å². The molecule has 0 rings (SSSR count). The summed E-state index contributed by atoms with van der Waals surface area (Å²) in [4.78, 5) is 9.63. The standard InChI is InChI=1S/C7H10O2.C5H13N.C2H4/c1-3-4-7(2)5-9-6-8;1-3-4-5-6-2;1-2/h3-4,6H,2,5H2,1H3;6H,3-5H2,1-2H3;1-2H2/b4-3-;;. The zero-order valence-electron chi connectivity index (χ0n) is 11.5. The summed E-state index contributed by atoms with van der Waals surface area (Å²) >= 11 is 0. The van der Waals surface area contributed by atoms with Crippen LogP contribution in [0.15, 0.2) is 37.5 Å². The Morgan fingerprint density at radius 2 is 2.00 bits per heavy atom. The van der Waals surface area contributed by atoms with Gasteiger partial charge in [0.1, 0.15) is 6.61 Å². The van der Waals surface area contributed by atoms with Crippen LogP contribution < -0.4 is 5.32 Å². The van der Waals surface area contributed by atoms with Gasteiger partial charge in [0.2, 0.25) is 0 Å². The molecule has 0 saturated carbocycles. The highest BCUT2D eigenvalue weighted by molar-refractivity contribution is 5.38. The number of unbranched alkanes of at least 4 members (excludes halogenated alkanes) is 1. The van der Waals surface area contributed by atoms with Crippen LogP contribution in [-0.4, -0.2) is 26.7 Å². The molecular formula is C14H27NO2. The Kier molecular flexibility index (Phi) is 29.7. The van der Waals surface area contributed by atoms with Crippen molar-refractivity contribution in [2.75, 3.05) is 20.2 Å². The molecule has 0 saturated heterocycles. The lowest BCUT2D eigenvalue weighted by molar-refractivity contribution is -0.127. The summed E-state index contributed by atoms with van der Waals surface area (Å²) in [5.41, 5.74) is 0.796. The molecule has 0 bridgehead atoms. The second-order valence-electron chi connectivity index (χ2n) is 3.02. The van der Waals surface area contributed by atoms with Gasteiger partial charge in [-0.25, -0.2) is 0 Å². The van der Waals surface area contributed by atoms with Gasteiger partial charge in [0.05, 0.1) is 0 Å². The highest BCUT2D eigenvalue weighted by Crippen LogP contribution is 1.91. The number of rotatable bonds is 7. The van der Waals surface area contributed by atoms with E-state index < -0.39 is 0 Å². The van der Waals surface area contributed by atoms with E-state index in [0.717, 1.165) is 12.1 Å². The number of hydrogen-bond acceptors (Lipinski definition) is 3. The lowest BCUT2D eigenvalue weighted by Crippen LogP contribution is -2.06. The quantitative estimate of drug-likeness (QED) is 0.322. The Balaban J connectivity index is -0.000000213. The zero-order chi connectivity index (χ0) is 13.9. The Morgan fingerprint density at radius 3 is 2.29 bits per heavy atom. The fourth-order valence-electron chi connectivity index (χ4n) is 0.778. The van der Waals surface area contributed by atoms with Crippen LogP contribution in [0.2, 0.25) is 0 Å². The normalized spacial score (nSPS) is 8.41. The molecule has 0 radical (unpaired) electrons. The average molecular weight is 241 g/mol. The SMILES string of the molecule is C=C.C=C(/C=C\C)COC=O.CCCCNC. The monoisotopic (exact) mass is 241 g/mol. The molecule has 0 aliphatic rings. The molecule has 0 fully saturated rings. The molecule has 0 aromatic heterocycles. The van der Waals surface area contributed by atoms with E-state index in [4.69, 9.17) is 0 Å². The van der Waals surface area contributed by atoms with Gasteiger partial charge < -0.3 is 10.1 Å². The fraction of sp³-hybridized carbons (Fsp3) is 0.500. The topological polar surface area (TPSA) is 38.3 Å². The first-order valence-electron chi connectivity index (χ1n) is 5.73. The van der Waals surface area contributed by atoms with Crippen molar-refractivity contribution in [3.63, 3.8) is 0 Å². The second-order valence-corrected chi connectivity index (χ2v) is 3.02. The molecule has 100 valence electrons. The summed E-state index contributed by atoms with van der Waals surface area (Å²) in [7, 11) is 1.98. The number of nitrogens with one attached hydrogen (secondary N) is 1. The van der Waals surface area contributed by atoms with Gasteiger partial charge in [-0.3, -0.25) is 4.79 Å². The van der Waals surface area contributed by atoms with E-state index >= 15 is 0 Å². The summed E-state index contributed by atoms with van der Waals surface area (Å²) in [5.74, 6) is 0. The lowest BCUT2D eigenvalue weighted by atomic mass is 10.3. The van der Waals surface area contributed by atoms with Gasteiger partial charge in [-0.05, 0) is 32.5 Å². The third-order valence-corrected chi connectivity index (χ3v) is 1.52. The largest absolute Gasteiger partial charge is 0.463 e. The Hall–Kier alpha value is -1.35. The van der Waals surface area contributed by atoms with E-state index in [1.165, 1.54) is 12.8 Å². The number of hydrogen-bond donors (Lipinski definition) is 1. The molecule has 0 spiro atoms. The fourth-order valence-corrected chi connectivity index (χ4v) is 0.778. The van der Waals surface area contributed by atoms with Crippen LogP contribution in [-0.2, 0) is 9.53 Å². The summed E-state index contributed by atoms with van der Waals surface area (Å²) in [6, 6.07) is 0. The van der Waals surface area contributed by atoms with E-state index in [-0.39, 0.29) is 6.61 Å². The molecule has 0 unspecified atom stereocenters. The second kappa shape index (κ2) is 24.1. The molecule has 0 heterocycles. The van der Waals surface area contributed by atoms with Gasteiger partial charge in [-0.2, -0.15) is 0 Å². The van der Waals surface area contributed by atoms with Crippen molar-refractivity contribution in [1.82, 2.24) is 5.32 Å². The van der Waals surface area contributed by atoms with Gasteiger partial charge in [0.25, 0.3) is 6.47 Å². The van der Waals surface area contributed by atoms with Crippen molar-refractivity contribution in [2.24, 2.45) is 0 Å². The molecular weight excluding hydrogens is 214 g/mol. The molecule has 0 aliphatic carbocycles. The van der Waals surface area contributed by atoms with E-state index in [2.05, 4.69) is 36.7 Å². The van der Waals surface area contributed by atoms with E-state index in [0.29, 0.717) is 6.47 Å². The average Bonchev–Trinajstić information content (AvgIpc) is 2.37. The van der Waals surface area contributed by atoms with Crippen molar-refractivity contribution in [3.05, 3.63) is 37.5 Å². The number of ether oxygens (including phenoxy) is 1. The van der Waals surface area contributed by atoms with Crippen LogP contribution in [0.25, 0.3) is 0 Å². The van der Waals surface area contributed by atoms with E-state index in [1.807, 2.05) is 20.0 Å². The summed E-state index contributed by atoms with van der Waals surface area (Å²) < 4.78 is 4.42. The Morgan fingerprint density at radius 1 is 1.41 bits per heavy atom. The van der Waals surface area contributed by atoms with Crippen molar-refractivity contribution in [3.8, 4) is 0 Å². The predicted molar refractivity (Wildman–Crippen MR) is 76.1 cm³/mol.